The van der Waals surface area contributed by atoms with Crippen LogP contribution >= 0.6 is 11.6 Å². The molecule has 2 heterocycles. The van der Waals surface area contributed by atoms with E-state index in [1.165, 1.54) is 5.56 Å². The van der Waals surface area contributed by atoms with Gasteiger partial charge < -0.3 is 4.98 Å². The van der Waals surface area contributed by atoms with Crippen molar-refractivity contribution in [3.63, 3.8) is 0 Å². The van der Waals surface area contributed by atoms with Crippen molar-refractivity contribution in [1.29, 1.82) is 0 Å². The van der Waals surface area contributed by atoms with Crippen LogP contribution in [0.4, 0.5) is 0 Å². The molecule has 0 bridgehead atoms. The van der Waals surface area contributed by atoms with E-state index >= 15 is 0 Å². The lowest BCUT2D eigenvalue weighted by molar-refractivity contribution is 0.932. The molecule has 18 heavy (non-hydrogen) atoms. The fraction of sp³-hybridized carbons (Fsp3) is 0.133. The molecule has 1 atom stereocenters. The van der Waals surface area contributed by atoms with E-state index in [9.17, 15) is 0 Å². The Kier molecular flexibility index (Phi) is 2.80. The highest BCUT2D eigenvalue weighted by Gasteiger charge is 2.15. The van der Waals surface area contributed by atoms with Crippen LogP contribution < -0.4 is 0 Å². The lowest BCUT2D eigenvalue weighted by Crippen LogP contribution is -1.95. The number of aromatic nitrogens is 2. The summed E-state index contributed by atoms with van der Waals surface area (Å²) in [6, 6.07) is 12.0. The first-order valence-electron chi connectivity index (χ1n) is 5.94. The molecule has 0 aliphatic heterocycles. The van der Waals surface area contributed by atoms with Gasteiger partial charge in [0.15, 0.2) is 0 Å². The van der Waals surface area contributed by atoms with Gasteiger partial charge in [0.2, 0.25) is 0 Å². The molecule has 0 fully saturated rings. The van der Waals surface area contributed by atoms with Crippen LogP contribution in [0.1, 0.15) is 24.0 Å². The molecule has 3 heteroatoms. The van der Waals surface area contributed by atoms with Gasteiger partial charge in [0.25, 0.3) is 0 Å². The number of benzene rings is 1. The van der Waals surface area contributed by atoms with Crippen LogP contribution in [0.5, 0.6) is 0 Å². The highest BCUT2D eigenvalue weighted by molar-refractivity contribution is 6.31. The Morgan fingerprint density at radius 3 is 2.78 bits per heavy atom. The zero-order valence-corrected chi connectivity index (χ0v) is 10.8. The van der Waals surface area contributed by atoms with E-state index in [0.29, 0.717) is 0 Å². The van der Waals surface area contributed by atoms with Gasteiger partial charge in [-0.05, 0) is 29.3 Å². The maximum absolute atomic E-state index is 6.26. The van der Waals surface area contributed by atoms with Crippen LogP contribution in [0.3, 0.4) is 0 Å². The van der Waals surface area contributed by atoms with Crippen molar-refractivity contribution < 1.29 is 0 Å². The summed E-state index contributed by atoms with van der Waals surface area (Å²) in [7, 11) is 0. The molecule has 0 aliphatic carbocycles. The van der Waals surface area contributed by atoms with E-state index in [1.54, 1.807) is 6.20 Å². The first kappa shape index (κ1) is 11.3. The van der Waals surface area contributed by atoms with Gasteiger partial charge >= 0.3 is 0 Å². The van der Waals surface area contributed by atoms with Crippen LogP contribution in [-0.4, -0.2) is 9.97 Å². The van der Waals surface area contributed by atoms with Gasteiger partial charge in [0.1, 0.15) is 5.65 Å². The molecule has 0 amide bonds. The van der Waals surface area contributed by atoms with Gasteiger partial charge in [-0.1, -0.05) is 36.7 Å². The maximum atomic E-state index is 6.26. The van der Waals surface area contributed by atoms with Crippen molar-refractivity contribution in [3.05, 3.63) is 64.9 Å². The molecule has 0 aliphatic rings. The average Bonchev–Trinajstić information content (AvgIpc) is 2.82. The van der Waals surface area contributed by atoms with E-state index in [4.69, 9.17) is 11.6 Å². The maximum Gasteiger partial charge on any atom is 0.137 e. The number of hydrogen-bond acceptors (Lipinski definition) is 1. The highest BCUT2D eigenvalue weighted by Crippen LogP contribution is 2.33. The summed E-state index contributed by atoms with van der Waals surface area (Å²) in [6.07, 6.45) is 3.81. The molecule has 2 aromatic heterocycles. The normalized spacial score (nSPS) is 12.8. The van der Waals surface area contributed by atoms with E-state index in [1.807, 2.05) is 30.5 Å². The number of nitrogens with zero attached hydrogens (tertiary/aromatic N) is 1. The summed E-state index contributed by atoms with van der Waals surface area (Å²) in [5.74, 6) is 0.247. The van der Waals surface area contributed by atoms with Crippen molar-refractivity contribution in [1.82, 2.24) is 9.97 Å². The third kappa shape index (κ3) is 1.79. The van der Waals surface area contributed by atoms with Crippen LogP contribution in [0.15, 0.2) is 48.8 Å². The summed E-state index contributed by atoms with van der Waals surface area (Å²) in [5.41, 5.74) is 3.29. The lowest BCUT2D eigenvalue weighted by atomic mass is 9.93. The Bertz CT molecular complexity index is 688. The molecule has 2 nitrogen and oxygen atoms in total. The summed E-state index contributed by atoms with van der Waals surface area (Å²) >= 11 is 6.26. The van der Waals surface area contributed by atoms with Gasteiger partial charge in [0.05, 0.1) is 0 Å². The van der Waals surface area contributed by atoms with E-state index < -0.39 is 0 Å². The second-order valence-corrected chi connectivity index (χ2v) is 4.79. The molecule has 0 saturated carbocycles. The number of aromatic amines is 1. The number of H-pyrrole nitrogens is 1. The molecule has 90 valence electrons. The summed E-state index contributed by atoms with van der Waals surface area (Å²) < 4.78 is 0. The minimum absolute atomic E-state index is 0.247. The van der Waals surface area contributed by atoms with Crippen molar-refractivity contribution in [3.8, 4) is 0 Å². The zero-order chi connectivity index (χ0) is 12.5. The summed E-state index contributed by atoms with van der Waals surface area (Å²) in [5, 5.41) is 1.97. The predicted molar refractivity (Wildman–Crippen MR) is 75.1 cm³/mol. The quantitative estimate of drug-likeness (QED) is 0.725. The highest BCUT2D eigenvalue weighted by atomic mass is 35.5. The first-order valence-corrected chi connectivity index (χ1v) is 6.31. The SMILES string of the molecule is CC(c1ccccc1Cl)c1c[nH]c2ncccc12. The van der Waals surface area contributed by atoms with Crippen molar-refractivity contribution >= 4 is 22.6 Å². The summed E-state index contributed by atoms with van der Waals surface area (Å²) in [6.45, 7) is 2.16. The largest absolute Gasteiger partial charge is 0.346 e. The molecular weight excluding hydrogens is 244 g/mol. The van der Waals surface area contributed by atoms with E-state index in [-0.39, 0.29) is 5.92 Å². The van der Waals surface area contributed by atoms with Gasteiger partial charge in [-0.15, -0.1) is 0 Å². The van der Waals surface area contributed by atoms with Gasteiger partial charge in [0, 0.05) is 28.7 Å². The van der Waals surface area contributed by atoms with Crippen LogP contribution in [0, 0.1) is 0 Å². The zero-order valence-electron chi connectivity index (χ0n) is 10.0. The average molecular weight is 257 g/mol. The predicted octanol–water partition coefficient (Wildman–Crippen LogP) is 4.37. The minimum atomic E-state index is 0.247. The lowest BCUT2D eigenvalue weighted by Gasteiger charge is -2.12. The standard InChI is InChI=1S/C15H13ClN2/c1-10(11-5-2-3-7-14(11)16)13-9-18-15-12(13)6-4-8-17-15/h2-10H,1H3,(H,17,18). The van der Waals surface area contributed by atoms with Crippen LogP contribution in [-0.2, 0) is 0 Å². The van der Waals surface area contributed by atoms with Crippen LogP contribution in [0.25, 0.3) is 11.0 Å². The Morgan fingerprint density at radius 2 is 1.94 bits per heavy atom. The Hall–Kier alpha value is -1.80. The fourth-order valence-corrected chi connectivity index (χ4v) is 2.63. The molecule has 0 spiro atoms. The van der Waals surface area contributed by atoms with E-state index in [0.717, 1.165) is 21.6 Å². The number of pyridine rings is 1. The van der Waals surface area contributed by atoms with Crippen LogP contribution in [0.2, 0.25) is 5.02 Å². The monoisotopic (exact) mass is 256 g/mol. The number of rotatable bonds is 2. The number of halogens is 1. The molecule has 1 N–H and O–H groups in total. The summed E-state index contributed by atoms with van der Waals surface area (Å²) in [4.78, 5) is 7.52. The fourth-order valence-electron chi connectivity index (χ4n) is 2.33. The van der Waals surface area contributed by atoms with Crippen molar-refractivity contribution in [2.24, 2.45) is 0 Å². The van der Waals surface area contributed by atoms with Gasteiger partial charge in [-0.25, -0.2) is 4.98 Å². The number of nitrogens with one attached hydrogen (secondary N) is 1. The third-order valence-electron chi connectivity index (χ3n) is 3.32. The van der Waals surface area contributed by atoms with Crippen molar-refractivity contribution in [2.75, 3.05) is 0 Å². The molecule has 0 saturated heterocycles. The molecule has 0 radical (unpaired) electrons. The second-order valence-electron chi connectivity index (χ2n) is 4.39. The number of fused-ring (bicyclic) bond motifs is 1. The van der Waals surface area contributed by atoms with Gasteiger partial charge in [-0.2, -0.15) is 0 Å². The molecular formula is C15H13ClN2. The van der Waals surface area contributed by atoms with Gasteiger partial charge in [-0.3, -0.25) is 0 Å². The Morgan fingerprint density at radius 1 is 1.11 bits per heavy atom. The number of hydrogen-bond donors (Lipinski definition) is 1. The third-order valence-corrected chi connectivity index (χ3v) is 3.67. The minimum Gasteiger partial charge on any atom is -0.346 e. The molecule has 1 aromatic carbocycles. The topological polar surface area (TPSA) is 28.7 Å². The van der Waals surface area contributed by atoms with Crippen molar-refractivity contribution in [2.45, 2.75) is 12.8 Å². The molecule has 3 aromatic rings. The second kappa shape index (κ2) is 4.46. The molecule has 1 unspecified atom stereocenters. The Balaban J connectivity index is 2.13. The molecule has 3 rings (SSSR count). The smallest absolute Gasteiger partial charge is 0.137 e. The van der Waals surface area contributed by atoms with E-state index in [2.05, 4.69) is 29.0 Å². The first-order chi connectivity index (χ1) is 8.77. The Labute approximate surface area is 111 Å².